The molecule has 0 aromatic heterocycles. The molecule has 34 heavy (non-hydrogen) atoms. The Labute approximate surface area is 241 Å². The molecule has 0 radical (unpaired) electrons. The van der Waals surface area contributed by atoms with Crippen LogP contribution in [0.3, 0.4) is 0 Å². The van der Waals surface area contributed by atoms with Gasteiger partial charge in [0.2, 0.25) is 0 Å². The molecule has 0 bridgehead atoms. The number of rotatable bonds is 11. The van der Waals surface area contributed by atoms with Crippen molar-refractivity contribution in [2.24, 2.45) is 0 Å². The summed E-state index contributed by atoms with van der Waals surface area (Å²) in [4.78, 5) is 2.35. The third kappa shape index (κ3) is 9.85. The first-order chi connectivity index (χ1) is 14.6. The number of nitrogens with one attached hydrogen (secondary N) is 2. The zero-order valence-corrected chi connectivity index (χ0v) is 26.6. The third-order valence-electron chi connectivity index (χ3n) is 5.95. The van der Waals surface area contributed by atoms with Gasteiger partial charge in [0, 0.05) is 18.8 Å². The van der Waals surface area contributed by atoms with Gasteiger partial charge in [-0.1, -0.05) is 79.3 Å². The van der Waals surface area contributed by atoms with Crippen LogP contribution in [0.2, 0.25) is 0 Å². The standard InChI is InChI=1S/C28H44N3.2BrH.Co/c1-19(2)23-12-10-13-24(20(3)4)27(23)29-16-17-31(9)18-30-28-25(21(5)6)14-11-15-26(28)22(7)8;;;/h10-14,19-22,29-30H,16-18H2,1-9H3;2*1H;/q-1;;;+3/p-2. The van der Waals surface area contributed by atoms with E-state index in [1.807, 2.05) is 0 Å². The van der Waals surface area contributed by atoms with E-state index < -0.39 is 0 Å². The van der Waals surface area contributed by atoms with E-state index in [0.29, 0.717) is 23.7 Å². The maximum absolute atomic E-state index is 3.76. The van der Waals surface area contributed by atoms with Crippen LogP contribution in [0, 0.1) is 6.07 Å². The molecule has 2 aromatic rings. The maximum atomic E-state index is 3.76. The van der Waals surface area contributed by atoms with Crippen LogP contribution in [0.15, 0.2) is 30.3 Å². The Balaban J connectivity index is 0. The first kappa shape index (κ1) is 35.6. The van der Waals surface area contributed by atoms with Crippen LogP contribution in [0.5, 0.6) is 0 Å². The third-order valence-corrected chi connectivity index (χ3v) is 5.95. The maximum Gasteiger partial charge on any atom is 3.00 e. The molecule has 0 saturated heterocycles. The minimum absolute atomic E-state index is 0. The van der Waals surface area contributed by atoms with E-state index in [2.05, 4.69) is 114 Å². The van der Waals surface area contributed by atoms with Crippen LogP contribution >= 0.6 is 0 Å². The summed E-state index contributed by atoms with van der Waals surface area (Å²) in [5.41, 5.74) is 8.08. The van der Waals surface area contributed by atoms with Gasteiger partial charge in [0.05, 0.1) is 6.67 Å². The van der Waals surface area contributed by atoms with Crippen molar-refractivity contribution in [3.8, 4) is 0 Å². The number of hydrogen-bond acceptors (Lipinski definition) is 3. The van der Waals surface area contributed by atoms with Crippen molar-refractivity contribution >= 4 is 11.4 Å². The number of halogens is 2. The molecule has 0 atom stereocenters. The SMILES string of the molecule is CC(C)c1[c-]ccc(C(C)C)c1NCN(C)CCNc1c(C(C)C)cccc1C(C)C.[Br-].[Br-].[Co+3]. The fourth-order valence-electron chi connectivity index (χ4n) is 4.09. The van der Waals surface area contributed by atoms with Gasteiger partial charge >= 0.3 is 16.8 Å². The van der Waals surface area contributed by atoms with Gasteiger partial charge in [0.15, 0.2) is 0 Å². The second-order valence-corrected chi connectivity index (χ2v) is 9.99. The normalized spacial score (nSPS) is 10.9. The van der Waals surface area contributed by atoms with E-state index in [4.69, 9.17) is 0 Å². The summed E-state index contributed by atoms with van der Waals surface area (Å²) in [6.07, 6.45) is 0. The molecular weight excluding hydrogens is 597 g/mol. The summed E-state index contributed by atoms with van der Waals surface area (Å²) >= 11 is 0. The monoisotopic (exact) mass is 639 g/mol. The van der Waals surface area contributed by atoms with Gasteiger partial charge in [-0.3, -0.25) is 4.90 Å². The largest absolute Gasteiger partial charge is 3.00 e. The molecule has 0 aliphatic carbocycles. The Hall–Kier alpha value is -0.534. The van der Waals surface area contributed by atoms with Crippen molar-refractivity contribution in [2.75, 3.05) is 37.4 Å². The van der Waals surface area contributed by atoms with E-state index in [9.17, 15) is 0 Å². The van der Waals surface area contributed by atoms with Crippen molar-refractivity contribution in [1.29, 1.82) is 0 Å². The van der Waals surface area contributed by atoms with E-state index in [-0.39, 0.29) is 50.7 Å². The van der Waals surface area contributed by atoms with Crippen LogP contribution < -0.4 is 44.6 Å². The average molecular weight is 641 g/mol. The molecular formula is C28H44Br2CoN3. The Morgan fingerprint density at radius 1 is 0.735 bits per heavy atom. The topological polar surface area (TPSA) is 27.3 Å². The van der Waals surface area contributed by atoms with Crippen molar-refractivity contribution in [1.82, 2.24) is 4.90 Å². The zero-order valence-electron chi connectivity index (χ0n) is 22.4. The van der Waals surface area contributed by atoms with Crippen LogP contribution in [0.4, 0.5) is 11.4 Å². The molecule has 6 heteroatoms. The van der Waals surface area contributed by atoms with Crippen molar-refractivity contribution in [2.45, 2.75) is 79.1 Å². The summed E-state index contributed by atoms with van der Waals surface area (Å²) in [7, 11) is 2.18. The fraction of sp³-hybridized carbons (Fsp3) is 0.571. The molecule has 0 aliphatic heterocycles. The Morgan fingerprint density at radius 2 is 1.24 bits per heavy atom. The minimum Gasteiger partial charge on any atom is -1.00 e. The quantitative estimate of drug-likeness (QED) is 0.287. The van der Waals surface area contributed by atoms with Gasteiger partial charge in [-0.25, -0.2) is 0 Å². The molecule has 0 spiro atoms. The predicted molar refractivity (Wildman–Crippen MR) is 138 cm³/mol. The first-order valence-electron chi connectivity index (χ1n) is 12.0. The minimum atomic E-state index is 0. The van der Waals surface area contributed by atoms with Gasteiger partial charge in [-0.15, -0.1) is 11.1 Å². The van der Waals surface area contributed by atoms with Crippen LogP contribution in [0.25, 0.3) is 0 Å². The average Bonchev–Trinajstić information content (AvgIpc) is 2.71. The first-order valence-corrected chi connectivity index (χ1v) is 12.0. The summed E-state index contributed by atoms with van der Waals surface area (Å²) < 4.78 is 0. The molecule has 0 saturated carbocycles. The van der Waals surface area contributed by atoms with Crippen LogP contribution in [0.1, 0.15) is 101 Å². The molecule has 194 valence electrons. The number of likely N-dealkylation sites (N-methyl/N-ethyl adjacent to an activating group) is 1. The van der Waals surface area contributed by atoms with Gasteiger partial charge < -0.3 is 44.6 Å². The smallest absolute Gasteiger partial charge is 1.00 e. The summed E-state index contributed by atoms with van der Waals surface area (Å²) in [6.45, 7) is 20.8. The number of nitrogens with zero attached hydrogens (tertiary/aromatic N) is 1. The molecule has 0 heterocycles. The van der Waals surface area contributed by atoms with E-state index in [1.54, 1.807) is 0 Å². The summed E-state index contributed by atoms with van der Waals surface area (Å²) in [5, 5.41) is 7.48. The van der Waals surface area contributed by atoms with Crippen molar-refractivity contribution in [3.63, 3.8) is 0 Å². The zero-order chi connectivity index (χ0) is 23.1. The summed E-state index contributed by atoms with van der Waals surface area (Å²) in [6, 6.07) is 14.5. The van der Waals surface area contributed by atoms with Crippen LogP contribution in [-0.4, -0.2) is 31.7 Å². The van der Waals surface area contributed by atoms with E-state index >= 15 is 0 Å². The van der Waals surface area contributed by atoms with Crippen LogP contribution in [-0.2, 0) is 16.8 Å². The number of anilines is 2. The number of benzene rings is 2. The molecule has 0 amide bonds. The molecule has 2 rings (SSSR count). The van der Waals surface area contributed by atoms with Gasteiger partial charge in [0.1, 0.15) is 0 Å². The molecule has 0 aliphatic rings. The molecule has 0 fully saturated rings. The molecule has 0 unspecified atom stereocenters. The fourth-order valence-corrected chi connectivity index (χ4v) is 4.09. The van der Waals surface area contributed by atoms with Crippen molar-refractivity contribution < 1.29 is 50.7 Å². The number of para-hydroxylation sites is 1. The van der Waals surface area contributed by atoms with Crippen molar-refractivity contribution in [3.05, 3.63) is 58.7 Å². The van der Waals surface area contributed by atoms with Gasteiger partial charge in [-0.05, 0) is 41.8 Å². The summed E-state index contributed by atoms with van der Waals surface area (Å²) in [5.74, 6) is 1.97. The van der Waals surface area contributed by atoms with Gasteiger partial charge in [-0.2, -0.15) is 18.2 Å². The van der Waals surface area contributed by atoms with E-state index in [1.165, 1.54) is 33.6 Å². The van der Waals surface area contributed by atoms with E-state index in [0.717, 1.165) is 19.8 Å². The predicted octanol–water partition coefficient (Wildman–Crippen LogP) is 1.40. The Kier molecular flexibility index (Phi) is 17.8. The molecule has 2 N–H and O–H groups in total. The molecule has 2 aromatic carbocycles. The Morgan fingerprint density at radius 3 is 1.71 bits per heavy atom. The second-order valence-electron chi connectivity index (χ2n) is 9.99. The van der Waals surface area contributed by atoms with Gasteiger partial charge in [0.25, 0.3) is 0 Å². The second kappa shape index (κ2) is 17.0. The Bertz CT molecular complexity index is 786. The molecule has 3 nitrogen and oxygen atoms in total. The number of hydrogen-bond donors (Lipinski definition) is 2.